The van der Waals surface area contributed by atoms with E-state index in [1.54, 1.807) is 17.2 Å². The second-order valence-corrected chi connectivity index (χ2v) is 5.99. The number of hydrogen-bond donors (Lipinski definition) is 1. The Morgan fingerprint density at radius 3 is 2.85 bits per heavy atom. The van der Waals surface area contributed by atoms with Gasteiger partial charge >= 0.3 is 0 Å². The van der Waals surface area contributed by atoms with Gasteiger partial charge in [-0.25, -0.2) is 4.98 Å². The molecule has 2 rings (SSSR count). The van der Waals surface area contributed by atoms with Crippen LogP contribution in [0.15, 0.2) is 24.9 Å². The summed E-state index contributed by atoms with van der Waals surface area (Å²) in [5, 5.41) is 0.892. The van der Waals surface area contributed by atoms with E-state index in [1.807, 2.05) is 26.8 Å². The van der Waals surface area contributed by atoms with E-state index in [-0.39, 0.29) is 11.9 Å². The summed E-state index contributed by atoms with van der Waals surface area (Å²) in [7, 11) is 0. The number of fused-ring (bicyclic) bond motifs is 1. The number of thiophene rings is 1. The number of aryl methyl sites for hydroxylation is 1. The summed E-state index contributed by atoms with van der Waals surface area (Å²) in [5.74, 6) is -0.0557. The summed E-state index contributed by atoms with van der Waals surface area (Å²) in [6.45, 7) is 10.2. The highest BCUT2D eigenvalue weighted by molar-refractivity contribution is 7.21. The van der Waals surface area contributed by atoms with Crippen molar-refractivity contribution in [1.82, 2.24) is 9.88 Å². The first kappa shape index (κ1) is 14.5. The second-order valence-electron chi connectivity index (χ2n) is 4.99. The number of aromatic nitrogens is 1. The summed E-state index contributed by atoms with van der Waals surface area (Å²) in [5.41, 5.74) is 7.75. The SMILES string of the molecule is C=CCN(C(=O)c1sc2nccc(C)c2c1N)C(C)C. The maximum Gasteiger partial charge on any atom is 0.266 e. The first-order valence-corrected chi connectivity index (χ1v) is 7.34. The molecule has 0 atom stereocenters. The molecule has 0 bridgehead atoms. The normalized spacial score (nSPS) is 11.0. The number of carbonyl (C=O) groups excluding carboxylic acids is 1. The van der Waals surface area contributed by atoms with E-state index in [2.05, 4.69) is 11.6 Å². The first-order valence-electron chi connectivity index (χ1n) is 6.52. The molecule has 1 amide bonds. The number of nitrogen functional groups attached to an aromatic ring is 1. The van der Waals surface area contributed by atoms with Gasteiger partial charge in [0.15, 0.2) is 0 Å². The second kappa shape index (κ2) is 5.63. The van der Waals surface area contributed by atoms with Crippen LogP contribution in [-0.4, -0.2) is 28.4 Å². The Morgan fingerprint density at radius 2 is 2.30 bits per heavy atom. The molecule has 0 saturated heterocycles. The van der Waals surface area contributed by atoms with Crippen LogP contribution < -0.4 is 5.73 Å². The quantitative estimate of drug-likeness (QED) is 0.879. The number of amides is 1. The fourth-order valence-electron chi connectivity index (χ4n) is 2.16. The van der Waals surface area contributed by atoms with E-state index in [0.717, 1.165) is 15.8 Å². The zero-order valence-electron chi connectivity index (χ0n) is 12.0. The van der Waals surface area contributed by atoms with E-state index in [1.165, 1.54) is 11.3 Å². The van der Waals surface area contributed by atoms with E-state index >= 15 is 0 Å². The Hall–Kier alpha value is -1.88. The van der Waals surface area contributed by atoms with Crippen molar-refractivity contribution in [3.63, 3.8) is 0 Å². The molecule has 2 aromatic heterocycles. The topological polar surface area (TPSA) is 59.2 Å². The Morgan fingerprint density at radius 1 is 1.60 bits per heavy atom. The van der Waals surface area contributed by atoms with E-state index in [0.29, 0.717) is 17.1 Å². The Balaban J connectivity index is 2.52. The number of nitrogens with two attached hydrogens (primary N) is 1. The molecule has 2 heterocycles. The van der Waals surface area contributed by atoms with Crippen molar-refractivity contribution >= 4 is 33.1 Å². The van der Waals surface area contributed by atoms with Gasteiger partial charge in [-0.2, -0.15) is 0 Å². The van der Waals surface area contributed by atoms with Crippen molar-refractivity contribution in [2.75, 3.05) is 12.3 Å². The summed E-state index contributed by atoms with van der Waals surface area (Å²) in [6, 6.07) is 2.00. The van der Waals surface area contributed by atoms with Crippen molar-refractivity contribution in [3.05, 3.63) is 35.4 Å². The summed E-state index contributed by atoms with van der Waals surface area (Å²) >= 11 is 1.36. The Bertz CT molecular complexity index is 660. The van der Waals surface area contributed by atoms with Gasteiger partial charge in [0.05, 0.1) is 5.69 Å². The predicted octanol–water partition coefficient (Wildman–Crippen LogP) is 3.22. The Labute approximate surface area is 122 Å². The average Bonchev–Trinajstić information content (AvgIpc) is 2.73. The molecule has 4 nitrogen and oxygen atoms in total. The zero-order valence-corrected chi connectivity index (χ0v) is 12.8. The lowest BCUT2D eigenvalue weighted by Gasteiger charge is -2.24. The molecule has 0 spiro atoms. The molecular formula is C15H19N3OS. The van der Waals surface area contributed by atoms with Gasteiger partial charge in [-0.15, -0.1) is 17.9 Å². The van der Waals surface area contributed by atoms with Crippen LogP contribution in [0.2, 0.25) is 0 Å². The van der Waals surface area contributed by atoms with Crippen molar-refractivity contribution in [2.45, 2.75) is 26.8 Å². The molecule has 106 valence electrons. The van der Waals surface area contributed by atoms with Crippen LogP contribution in [0.4, 0.5) is 5.69 Å². The molecule has 0 aliphatic rings. The largest absolute Gasteiger partial charge is 0.397 e. The Kier molecular flexibility index (Phi) is 4.09. The standard InChI is InChI=1S/C15H19N3OS/c1-5-8-18(9(2)3)15(19)13-12(16)11-10(4)6-7-17-14(11)20-13/h5-7,9H,1,8,16H2,2-4H3. The molecule has 0 aliphatic heterocycles. The molecule has 0 radical (unpaired) electrons. The molecule has 0 fully saturated rings. The van der Waals surface area contributed by atoms with Crippen LogP contribution in [0, 0.1) is 6.92 Å². The highest BCUT2D eigenvalue weighted by Crippen LogP contribution is 2.35. The van der Waals surface area contributed by atoms with Crippen molar-refractivity contribution in [3.8, 4) is 0 Å². The van der Waals surface area contributed by atoms with Crippen LogP contribution in [0.5, 0.6) is 0 Å². The van der Waals surface area contributed by atoms with Gasteiger partial charge < -0.3 is 10.6 Å². The van der Waals surface area contributed by atoms with Crippen LogP contribution in [0.1, 0.15) is 29.1 Å². The predicted molar refractivity (Wildman–Crippen MR) is 85.1 cm³/mol. The maximum absolute atomic E-state index is 12.7. The summed E-state index contributed by atoms with van der Waals surface area (Å²) in [4.78, 5) is 20.1. The molecule has 20 heavy (non-hydrogen) atoms. The lowest BCUT2D eigenvalue weighted by molar-refractivity contribution is 0.0735. The monoisotopic (exact) mass is 289 g/mol. The number of anilines is 1. The summed E-state index contributed by atoms with van der Waals surface area (Å²) < 4.78 is 0. The van der Waals surface area contributed by atoms with Gasteiger partial charge in [0.25, 0.3) is 5.91 Å². The molecule has 2 N–H and O–H groups in total. The van der Waals surface area contributed by atoms with Crippen LogP contribution in [0.25, 0.3) is 10.2 Å². The number of rotatable bonds is 4. The average molecular weight is 289 g/mol. The summed E-state index contributed by atoms with van der Waals surface area (Å²) in [6.07, 6.45) is 3.47. The number of carbonyl (C=O) groups is 1. The third-order valence-corrected chi connectivity index (χ3v) is 4.34. The van der Waals surface area contributed by atoms with Gasteiger partial charge in [-0.3, -0.25) is 4.79 Å². The van der Waals surface area contributed by atoms with Gasteiger partial charge in [0.1, 0.15) is 9.71 Å². The molecule has 0 unspecified atom stereocenters. The van der Waals surface area contributed by atoms with Crippen molar-refractivity contribution < 1.29 is 4.79 Å². The third-order valence-electron chi connectivity index (χ3n) is 3.24. The minimum atomic E-state index is -0.0557. The minimum absolute atomic E-state index is 0.0557. The molecule has 0 aliphatic carbocycles. The zero-order chi connectivity index (χ0) is 14.9. The molecule has 5 heteroatoms. The fourth-order valence-corrected chi connectivity index (χ4v) is 3.26. The van der Waals surface area contributed by atoms with E-state index in [9.17, 15) is 4.79 Å². The lowest BCUT2D eigenvalue weighted by Crippen LogP contribution is -2.36. The van der Waals surface area contributed by atoms with E-state index in [4.69, 9.17) is 5.73 Å². The van der Waals surface area contributed by atoms with Gasteiger partial charge in [0, 0.05) is 24.2 Å². The number of hydrogen-bond acceptors (Lipinski definition) is 4. The molecular weight excluding hydrogens is 270 g/mol. The highest BCUT2D eigenvalue weighted by atomic mass is 32.1. The minimum Gasteiger partial charge on any atom is -0.397 e. The maximum atomic E-state index is 12.7. The van der Waals surface area contributed by atoms with Gasteiger partial charge in [-0.1, -0.05) is 6.08 Å². The highest BCUT2D eigenvalue weighted by Gasteiger charge is 2.24. The lowest BCUT2D eigenvalue weighted by atomic mass is 10.1. The third kappa shape index (κ3) is 2.41. The number of pyridine rings is 1. The number of nitrogens with zero attached hydrogens (tertiary/aromatic N) is 2. The first-order chi connectivity index (χ1) is 9.47. The smallest absolute Gasteiger partial charge is 0.266 e. The van der Waals surface area contributed by atoms with Gasteiger partial charge in [0.2, 0.25) is 0 Å². The van der Waals surface area contributed by atoms with Crippen LogP contribution in [-0.2, 0) is 0 Å². The molecule has 0 aromatic carbocycles. The van der Waals surface area contributed by atoms with Gasteiger partial charge in [-0.05, 0) is 32.4 Å². The van der Waals surface area contributed by atoms with Crippen LogP contribution >= 0.6 is 11.3 Å². The van der Waals surface area contributed by atoms with Crippen molar-refractivity contribution in [1.29, 1.82) is 0 Å². The molecule has 0 saturated carbocycles. The van der Waals surface area contributed by atoms with E-state index < -0.39 is 0 Å². The molecule has 2 aromatic rings. The van der Waals surface area contributed by atoms with Crippen LogP contribution in [0.3, 0.4) is 0 Å². The van der Waals surface area contributed by atoms with Crippen molar-refractivity contribution in [2.24, 2.45) is 0 Å². The fraction of sp³-hybridized carbons (Fsp3) is 0.333.